The second kappa shape index (κ2) is 6.57. The van der Waals surface area contributed by atoms with E-state index in [1.165, 1.54) is 11.1 Å². The van der Waals surface area contributed by atoms with Crippen LogP contribution in [0, 0.1) is 0 Å². The molecule has 2 N–H and O–H groups in total. The van der Waals surface area contributed by atoms with E-state index in [1.807, 2.05) is 0 Å². The standard InChI is InChI=1S/C15H19ClN4/c1-10(2)12-6-4-11(5-7-12)8-18-14-13(16)9-19-15(17-3)20-14/h4-7,9-10H,8H2,1-3H3,(H2,17,18,19,20). The first kappa shape index (κ1) is 14.6. The van der Waals surface area contributed by atoms with Gasteiger partial charge in [-0.3, -0.25) is 0 Å². The molecule has 2 aromatic rings. The fourth-order valence-corrected chi connectivity index (χ4v) is 1.98. The third-order valence-electron chi connectivity index (χ3n) is 3.07. The number of halogens is 1. The number of nitrogens with one attached hydrogen (secondary N) is 2. The van der Waals surface area contributed by atoms with Gasteiger partial charge in [0.2, 0.25) is 5.95 Å². The Kier molecular flexibility index (Phi) is 4.79. The SMILES string of the molecule is CNc1ncc(Cl)c(NCc2ccc(C(C)C)cc2)n1. The van der Waals surface area contributed by atoms with Crippen LogP contribution in [0.5, 0.6) is 0 Å². The lowest BCUT2D eigenvalue weighted by molar-refractivity contribution is 0.865. The first-order chi connectivity index (χ1) is 9.60. The van der Waals surface area contributed by atoms with Crippen LogP contribution in [0.1, 0.15) is 30.9 Å². The van der Waals surface area contributed by atoms with Gasteiger partial charge in [0.25, 0.3) is 0 Å². The van der Waals surface area contributed by atoms with E-state index in [4.69, 9.17) is 11.6 Å². The van der Waals surface area contributed by atoms with Crippen LogP contribution in [0.25, 0.3) is 0 Å². The van der Waals surface area contributed by atoms with E-state index in [9.17, 15) is 0 Å². The summed E-state index contributed by atoms with van der Waals surface area (Å²) in [6.45, 7) is 5.05. The Bertz CT molecular complexity index is 567. The quantitative estimate of drug-likeness (QED) is 0.876. The molecule has 0 aliphatic rings. The maximum absolute atomic E-state index is 6.07. The number of benzene rings is 1. The highest BCUT2D eigenvalue weighted by molar-refractivity contribution is 6.32. The molecule has 1 aromatic carbocycles. The van der Waals surface area contributed by atoms with Crippen LogP contribution >= 0.6 is 11.6 Å². The van der Waals surface area contributed by atoms with E-state index in [1.54, 1.807) is 13.2 Å². The van der Waals surface area contributed by atoms with Gasteiger partial charge in [-0.15, -0.1) is 0 Å². The molecule has 0 amide bonds. The van der Waals surface area contributed by atoms with Crippen molar-refractivity contribution in [1.82, 2.24) is 9.97 Å². The summed E-state index contributed by atoms with van der Waals surface area (Å²) < 4.78 is 0. The smallest absolute Gasteiger partial charge is 0.224 e. The number of anilines is 2. The Morgan fingerprint density at radius 2 is 1.90 bits per heavy atom. The Hall–Kier alpha value is -1.81. The van der Waals surface area contributed by atoms with Gasteiger partial charge in [-0.25, -0.2) is 4.98 Å². The maximum Gasteiger partial charge on any atom is 0.224 e. The predicted octanol–water partition coefficient (Wildman–Crippen LogP) is 3.91. The highest BCUT2D eigenvalue weighted by Crippen LogP contribution is 2.20. The van der Waals surface area contributed by atoms with Crippen LogP contribution < -0.4 is 10.6 Å². The predicted molar refractivity (Wildman–Crippen MR) is 84.4 cm³/mol. The van der Waals surface area contributed by atoms with E-state index in [0.717, 1.165) is 0 Å². The number of hydrogen-bond acceptors (Lipinski definition) is 4. The van der Waals surface area contributed by atoms with Crippen molar-refractivity contribution in [2.24, 2.45) is 0 Å². The van der Waals surface area contributed by atoms with Crippen molar-refractivity contribution >= 4 is 23.4 Å². The third kappa shape index (κ3) is 3.61. The van der Waals surface area contributed by atoms with Gasteiger partial charge in [0, 0.05) is 13.6 Å². The van der Waals surface area contributed by atoms with Crippen LogP contribution in [-0.2, 0) is 6.54 Å². The molecule has 1 heterocycles. The first-order valence-electron chi connectivity index (χ1n) is 6.63. The van der Waals surface area contributed by atoms with E-state index >= 15 is 0 Å². The summed E-state index contributed by atoms with van der Waals surface area (Å²) in [6.07, 6.45) is 1.59. The molecule has 0 saturated carbocycles. The Balaban J connectivity index is 2.04. The summed E-state index contributed by atoms with van der Waals surface area (Å²) in [6, 6.07) is 8.55. The summed E-state index contributed by atoms with van der Waals surface area (Å²) in [4.78, 5) is 8.34. The molecule has 0 radical (unpaired) electrons. The fraction of sp³-hybridized carbons (Fsp3) is 0.333. The van der Waals surface area contributed by atoms with Crippen molar-refractivity contribution in [3.63, 3.8) is 0 Å². The second-order valence-electron chi connectivity index (χ2n) is 4.89. The molecule has 1 aromatic heterocycles. The molecule has 0 bridgehead atoms. The summed E-state index contributed by atoms with van der Waals surface area (Å²) in [5.74, 6) is 1.73. The number of nitrogens with zero attached hydrogens (tertiary/aromatic N) is 2. The summed E-state index contributed by atoms with van der Waals surface area (Å²) in [5.41, 5.74) is 2.53. The van der Waals surface area contributed by atoms with Crippen molar-refractivity contribution in [2.75, 3.05) is 17.7 Å². The van der Waals surface area contributed by atoms with Gasteiger partial charge in [0.15, 0.2) is 5.82 Å². The van der Waals surface area contributed by atoms with Crippen molar-refractivity contribution in [2.45, 2.75) is 26.3 Å². The van der Waals surface area contributed by atoms with Crippen molar-refractivity contribution in [1.29, 1.82) is 0 Å². The largest absolute Gasteiger partial charge is 0.365 e. The van der Waals surface area contributed by atoms with Gasteiger partial charge in [-0.1, -0.05) is 49.7 Å². The Labute approximate surface area is 124 Å². The van der Waals surface area contributed by atoms with Crippen molar-refractivity contribution < 1.29 is 0 Å². The van der Waals surface area contributed by atoms with Crippen LogP contribution in [0.3, 0.4) is 0 Å². The van der Waals surface area contributed by atoms with E-state index in [2.05, 4.69) is 58.7 Å². The van der Waals surface area contributed by atoms with E-state index < -0.39 is 0 Å². The molecule has 0 atom stereocenters. The number of hydrogen-bond donors (Lipinski definition) is 2. The molecule has 0 spiro atoms. The molecule has 0 aliphatic carbocycles. The van der Waals surface area contributed by atoms with Gasteiger partial charge in [-0.2, -0.15) is 4.98 Å². The zero-order chi connectivity index (χ0) is 14.5. The molecule has 4 nitrogen and oxygen atoms in total. The number of rotatable bonds is 5. The van der Waals surface area contributed by atoms with Gasteiger partial charge < -0.3 is 10.6 Å². The average molecular weight is 291 g/mol. The molecule has 0 fully saturated rings. The van der Waals surface area contributed by atoms with Gasteiger partial charge >= 0.3 is 0 Å². The van der Waals surface area contributed by atoms with Crippen LogP contribution in [0.4, 0.5) is 11.8 Å². The lowest BCUT2D eigenvalue weighted by Gasteiger charge is -2.10. The molecular weight excluding hydrogens is 272 g/mol. The summed E-state index contributed by atoms with van der Waals surface area (Å²) in [5, 5.41) is 6.64. The highest BCUT2D eigenvalue weighted by atomic mass is 35.5. The molecule has 2 rings (SSSR count). The zero-order valence-corrected chi connectivity index (χ0v) is 12.7. The van der Waals surface area contributed by atoms with E-state index in [0.29, 0.717) is 29.3 Å². The lowest BCUT2D eigenvalue weighted by Crippen LogP contribution is -2.05. The van der Waals surface area contributed by atoms with Gasteiger partial charge in [0.05, 0.1) is 6.20 Å². The van der Waals surface area contributed by atoms with Crippen molar-refractivity contribution in [3.8, 4) is 0 Å². The molecule has 20 heavy (non-hydrogen) atoms. The first-order valence-corrected chi connectivity index (χ1v) is 7.01. The highest BCUT2D eigenvalue weighted by Gasteiger charge is 2.05. The molecule has 0 saturated heterocycles. The molecule has 106 valence electrons. The minimum Gasteiger partial charge on any atom is -0.365 e. The Morgan fingerprint density at radius 1 is 1.20 bits per heavy atom. The maximum atomic E-state index is 6.07. The van der Waals surface area contributed by atoms with Crippen molar-refractivity contribution in [3.05, 3.63) is 46.6 Å². The van der Waals surface area contributed by atoms with Gasteiger partial charge in [-0.05, 0) is 17.0 Å². The summed E-state index contributed by atoms with van der Waals surface area (Å²) in [7, 11) is 1.78. The van der Waals surface area contributed by atoms with Crippen LogP contribution in [0.15, 0.2) is 30.5 Å². The average Bonchev–Trinajstić information content (AvgIpc) is 2.47. The minimum absolute atomic E-state index is 0.516. The van der Waals surface area contributed by atoms with Crippen LogP contribution in [0.2, 0.25) is 5.02 Å². The monoisotopic (exact) mass is 290 g/mol. The zero-order valence-electron chi connectivity index (χ0n) is 11.9. The lowest BCUT2D eigenvalue weighted by atomic mass is 10.0. The molecule has 5 heteroatoms. The fourth-order valence-electron chi connectivity index (χ4n) is 1.82. The summed E-state index contributed by atoms with van der Waals surface area (Å²) >= 11 is 6.07. The normalized spacial score (nSPS) is 10.7. The molecule has 0 aliphatic heterocycles. The van der Waals surface area contributed by atoms with Gasteiger partial charge in [0.1, 0.15) is 5.02 Å². The van der Waals surface area contributed by atoms with Crippen LogP contribution in [-0.4, -0.2) is 17.0 Å². The molecule has 0 unspecified atom stereocenters. The van der Waals surface area contributed by atoms with E-state index in [-0.39, 0.29) is 0 Å². The third-order valence-corrected chi connectivity index (χ3v) is 3.35. The molecular formula is C15H19ClN4. The topological polar surface area (TPSA) is 49.8 Å². The second-order valence-corrected chi connectivity index (χ2v) is 5.30. The number of aromatic nitrogens is 2. The minimum atomic E-state index is 0.516. The Morgan fingerprint density at radius 3 is 2.50 bits per heavy atom.